The number of pyridine rings is 1. The summed E-state index contributed by atoms with van der Waals surface area (Å²) in [4.78, 5) is 4.63. The SMILES string of the molecule is Cc1c(-c2ccc(C(C)(C)CC(C)(C)C)cc2)cc(-c2cccc(-c3ccccn3)c2)cc1-c1ccc(C(C)(C)CC(C)(C)C)cc1. The largest absolute Gasteiger partial charge is 0.256 e. The van der Waals surface area contributed by atoms with Gasteiger partial charge in [0.25, 0.3) is 0 Å². The molecule has 4 aromatic carbocycles. The second kappa shape index (κ2) is 12.9. The zero-order valence-corrected chi connectivity index (χ0v) is 30.8. The maximum Gasteiger partial charge on any atom is 0.0702 e. The van der Waals surface area contributed by atoms with Crippen molar-refractivity contribution in [2.75, 3.05) is 0 Å². The lowest BCUT2D eigenvalue weighted by Gasteiger charge is -2.33. The van der Waals surface area contributed by atoms with Gasteiger partial charge in [-0.05, 0) is 122 Å². The van der Waals surface area contributed by atoms with E-state index in [0.717, 1.165) is 24.1 Å². The Balaban J connectivity index is 1.62. The molecule has 0 bridgehead atoms. The summed E-state index contributed by atoms with van der Waals surface area (Å²) in [6.07, 6.45) is 4.13. The number of hydrogen-bond acceptors (Lipinski definition) is 1. The molecule has 0 saturated carbocycles. The molecule has 0 atom stereocenters. The summed E-state index contributed by atoms with van der Waals surface area (Å²) in [6, 6.07) is 38.4. The van der Waals surface area contributed by atoms with Crippen molar-refractivity contribution in [1.82, 2.24) is 4.98 Å². The molecule has 1 nitrogen and oxygen atoms in total. The molecule has 0 aliphatic heterocycles. The third-order valence-electron chi connectivity index (χ3n) is 9.46. The van der Waals surface area contributed by atoms with Crippen LogP contribution in [0.4, 0.5) is 0 Å². The average Bonchev–Trinajstić information content (AvgIpc) is 2.99. The summed E-state index contributed by atoms with van der Waals surface area (Å²) < 4.78 is 0. The van der Waals surface area contributed by atoms with Gasteiger partial charge in [0.15, 0.2) is 0 Å². The number of rotatable bonds is 8. The summed E-state index contributed by atoms with van der Waals surface area (Å²) in [7, 11) is 0. The van der Waals surface area contributed by atoms with Gasteiger partial charge in [0.1, 0.15) is 0 Å². The first-order chi connectivity index (χ1) is 21.9. The standard InChI is InChI=1S/C46H55N/c1-32-40(33-18-22-38(23-19-33)45(8,9)30-43(2,3)4)28-37(35-15-14-16-36(27-35)42-17-12-13-26-47-42)29-41(32)34-20-24-39(25-21-34)46(10,11)31-44(5,6)7/h12-29H,30-31H2,1-11H3. The van der Waals surface area contributed by atoms with Crippen molar-refractivity contribution in [2.45, 2.75) is 99.8 Å². The molecule has 5 aromatic rings. The minimum atomic E-state index is 0.104. The molecule has 1 heterocycles. The van der Waals surface area contributed by atoms with Gasteiger partial charge in [-0.2, -0.15) is 0 Å². The molecule has 0 spiro atoms. The Morgan fingerprint density at radius 1 is 0.447 bits per heavy atom. The molecule has 0 radical (unpaired) electrons. The molecule has 244 valence electrons. The van der Waals surface area contributed by atoms with Gasteiger partial charge in [-0.1, -0.05) is 142 Å². The number of benzene rings is 4. The van der Waals surface area contributed by atoms with E-state index in [1.807, 2.05) is 12.3 Å². The average molecular weight is 622 g/mol. The second-order valence-corrected chi connectivity index (χ2v) is 17.4. The van der Waals surface area contributed by atoms with Crippen molar-refractivity contribution >= 4 is 0 Å². The third-order valence-corrected chi connectivity index (χ3v) is 9.46. The summed E-state index contributed by atoms with van der Waals surface area (Å²) in [5.41, 5.74) is 14.4. The van der Waals surface area contributed by atoms with E-state index in [2.05, 4.69) is 178 Å². The first-order valence-electron chi connectivity index (χ1n) is 17.3. The van der Waals surface area contributed by atoms with E-state index in [1.165, 1.54) is 50.1 Å². The maximum atomic E-state index is 4.63. The van der Waals surface area contributed by atoms with E-state index in [4.69, 9.17) is 0 Å². The van der Waals surface area contributed by atoms with Gasteiger partial charge in [-0.15, -0.1) is 0 Å². The molecular formula is C46H55N. The Kier molecular flexibility index (Phi) is 9.44. The van der Waals surface area contributed by atoms with Crippen molar-refractivity contribution in [3.8, 4) is 44.6 Å². The summed E-state index contributed by atoms with van der Waals surface area (Å²) >= 11 is 0. The first-order valence-corrected chi connectivity index (χ1v) is 17.3. The zero-order valence-electron chi connectivity index (χ0n) is 30.8. The molecule has 1 aromatic heterocycles. The lowest BCUT2D eigenvalue weighted by atomic mass is 9.72. The molecular weight excluding hydrogens is 567 g/mol. The Labute approximate surface area is 285 Å². The molecule has 1 heteroatoms. The van der Waals surface area contributed by atoms with Crippen molar-refractivity contribution in [3.05, 3.63) is 126 Å². The highest BCUT2D eigenvalue weighted by Gasteiger charge is 2.28. The Morgan fingerprint density at radius 2 is 0.915 bits per heavy atom. The van der Waals surface area contributed by atoms with Crippen LogP contribution in [-0.2, 0) is 10.8 Å². The lowest BCUT2D eigenvalue weighted by molar-refractivity contribution is 0.283. The minimum Gasteiger partial charge on any atom is -0.256 e. The fraction of sp³-hybridized carbons (Fsp3) is 0.370. The summed E-state index contributed by atoms with van der Waals surface area (Å²) in [6.45, 7) is 25.8. The van der Waals surface area contributed by atoms with Gasteiger partial charge in [-0.25, -0.2) is 0 Å². The van der Waals surface area contributed by atoms with Crippen LogP contribution in [0.15, 0.2) is 109 Å². The van der Waals surface area contributed by atoms with Gasteiger partial charge in [-0.3, -0.25) is 4.98 Å². The normalized spacial score (nSPS) is 12.7. The monoisotopic (exact) mass is 621 g/mol. The minimum absolute atomic E-state index is 0.104. The van der Waals surface area contributed by atoms with Crippen LogP contribution in [0, 0.1) is 17.8 Å². The molecule has 0 fully saturated rings. The van der Waals surface area contributed by atoms with Crippen LogP contribution in [0.5, 0.6) is 0 Å². The van der Waals surface area contributed by atoms with Gasteiger partial charge in [0, 0.05) is 11.8 Å². The molecule has 0 unspecified atom stereocenters. The van der Waals surface area contributed by atoms with Crippen LogP contribution in [0.25, 0.3) is 44.6 Å². The summed E-state index contributed by atoms with van der Waals surface area (Å²) in [5, 5.41) is 0. The number of hydrogen-bond donors (Lipinski definition) is 0. The van der Waals surface area contributed by atoms with Crippen LogP contribution in [0.1, 0.15) is 98.8 Å². The Morgan fingerprint density at radius 3 is 1.34 bits per heavy atom. The van der Waals surface area contributed by atoms with Crippen LogP contribution in [0.3, 0.4) is 0 Å². The maximum absolute atomic E-state index is 4.63. The highest BCUT2D eigenvalue weighted by molar-refractivity contribution is 5.86. The predicted octanol–water partition coefficient (Wildman–Crippen LogP) is 13.5. The van der Waals surface area contributed by atoms with Gasteiger partial charge < -0.3 is 0 Å². The molecule has 5 rings (SSSR count). The fourth-order valence-electron chi connectivity index (χ4n) is 7.93. The highest BCUT2D eigenvalue weighted by Crippen LogP contribution is 2.41. The van der Waals surface area contributed by atoms with Crippen LogP contribution < -0.4 is 0 Å². The van der Waals surface area contributed by atoms with Crippen LogP contribution in [-0.4, -0.2) is 4.98 Å². The van der Waals surface area contributed by atoms with Crippen molar-refractivity contribution < 1.29 is 0 Å². The molecule has 0 saturated heterocycles. The van der Waals surface area contributed by atoms with Crippen molar-refractivity contribution in [3.63, 3.8) is 0 Å². The summed E-state index contributed by atoms with van der Waals surface area (Å²) in [5.74, 6) is 0. The quantitative estimate of drug-likeness (QED) is 0.168. The Hall–Kier alpha value is -3.97. The van der Waals surface area contributed by atoms with Crippen molar-refractivity contribution in [1.29, 1.82) is 0 Å². The van der Waals surface area contributed by atoms with Crippen LogP contribution >= 0.6 is 0 Å². The van der Waals surface area contributed by atoms with Gasteiger partial charge in [0.2, 0.25) is 0 Å². The molecule has 0 aliphatic carbocycles. The van der Waals surface area contributed by atoms with E-state index >= 15 is 0 Å². The Bertz CT molecular complexity index is 1710. The number of aromatic nitrogens is 1. The van der Waals surface area contributed by atoms with Gasteiger partial charge in [0.05, 0.1) is 5.69 Å². The predicted molar refractivity (Wildman–Crippen MR) is 205 cm³/mol. The van der Waals surface area contributed by atoms with E-state index in [9.17, 15) is 0 Å². The van der Waals surface area contributed by atoms with E-state index < -0.39 is 0 Å². The zero-order chi connectivity index (χ0) is 34.2. The molecule has 0 aliphatic rings. The first kappa shape index (κ1) is 34.4. The second-order valence-electron chi connectivity index (χ2n) is 17.4. The molecule has 47 heavy (non-hydrogen) atoms. The van der Waals surface area contributed by atoms with Gasteiger partial charge >= 0.3 is 0 Å². The fourth-order valence-corrected chi connectivity index (χ4v) is 7.93. The lowest BCUT2D eigenvalue weighted by Crippen LogP contribution is -2.24. The van der Waals surface area contributed by atoms with E-state index in [1.54, 1.807) is 0 Å². The van der Waals surface area contributed by atoms with Crippen LogP contribution in [0.2, 0.25) is 0 Å². The van der Waals surface area contributed by atoms with Crippen molar-refractivity contribution in [2.24, 2.45) is 10.8 Å². The third kappa shape index (κ3) is 8.31. The van der Waals surface area contributed by atoms with E-state index in [0.29, 0.717) is 0 Å². The topological polar surface area (TPSA) is 12.9 Å². The molecule has 0 amide bonds. The molecule has 0 N–H and O–H groups in total. The smallest absolute Gasteiger partial charge is 0.0702 e. The highest BCUT2D eigenvalue weighted by atomic mass is 14.7. The number of nitrogens with zero attached hydrogens (tertiary/aromatic N) is 1. The van der Waals surface area contributed by atoms with E-state index in [-0.39, 0.29) is 21.7 Å².